The maximum absolute atomic E-state index is 11.8. The van der Waals surface area contributed by atoms with E-state index < -0.39 is 5.97 Å². The van der Waals surface area contributed by atoms with Gasteiger partial charge in [0.25, 0.3) is 0 Å². The summed E-state index contributed by atoms with van der Waals surface area (Å²) in [6.45, 7) is 2.70. The summed E-state index contributed by atoms with van der Waals surface area (Å²) in [6.07, 6.45) is 3.32. The molecule has 1 unspecified atom stereocenters. The van der Waals surface area contributed by atoms with Crippen molar-refractivity contribution in [1.82, 2.24) is 4.90 Å². The summed E-state index contributed by atoms with van der Waals surface area (Å²) in [5, 5.41) is 8.64. The zero-order chi connectivity index (χ0) is 12.0. The highest BCUT2D eigenvalue weighted by atomic mass is 16.5. The second-order valence-corrected chi connectivity index (χ2v) is 3.99. The highest BCUT2D eigenvalue weighted by Crippen LogP contribution is 2.16. The molecule has 1 aliphatic heterocycles. The molecule has 1 amide bonds. The predicted octanol–water partition coefficient (Wildman–Crippen LogP) is 0.879. The van der Waals surface area contributed by atoms with Crippen molar-refractivity contribution >= 4 is 11.9 Å². The Morgan fingerprint density at radius 1 is 1.44 bits per heavy atom. The van der Waals surface area contributed by atoms with Crippen LogP contribution in [0.2, 0.25) is 0 Å². The summed E-state index contributed by atoms with van der Waals surface area (Å²) >= 11 is 0. The van der Waals surface area contributed by atoms with Crippen LogP contribution in [0, 0.1) is 0 Å². The highest BCUT2D eigenvalue weighted by Gasteiger charge is 2.21. The first-order chi connectivity index (χ1) is 7.63. The third-order valence-electron chi connectivity index (χ3n) is 2.74. The normalized spacial score (nSPS) is 20.4. The molecule has 0 aromatic heterocycles. The molecule has 1 aliphatic rings. The Morgan fingerprint density at radius 2 is 2.19 bits per heavy atom. The van der Waals surface area contributed by atoms with Crippen molar-refractivity contribution in [3.63, 3.8) is 0 Å². The van der Waals surface area contributed by atoms with Crippen molar-refractivity contribution < 1.29 is 19.4 Å². The van der Waals surface area contributed by atoms with Gasteiger partial charge in [-0.05, 0) is 26.2 Å². The Morgan fingerprint density at radius 3 is 2.69 bits per heavy atom. The molecular weight excluding hydrogens is 210 g/mol. The molecule has 0 aromatic rings. The largest absolute Gasteiger partial charge is 0.480 e. The van der Waals surface area contributed by atoms with E-state index in [-0.39, 0.29) is 18.6 Å². The second kappa shape index (κ2) is 6.48. The van der Waals surface area contributed by atoms with Gasteiger partial charge in [0, 0.05) is 13.2 Å². The molecule has 0 aliphatic carbocycles. The fraction of sp³-hybridized carbons (Fsp3) is 0.818. The van der Waals surface area contributed by atoms with E-state index >= 15 is 0 Å². The van der Waals surface area contributed by atoms with Crippen molar-refractivity contribution in [2.24, 2.45) is 0 Å². The number of carbonyl (C=O) groups excluding carboxylic acids is 1. The van der Waals surface area contributed by atoms with Crippen LogP contribution in [0.15, 0.2) is 0 Å². The van der Waals surface area contributed by atoms with E-state index in [1.807, 2.05) is 0 Å². The fourth-order valence-corrected chi connectivity index (χ4v) is 1.83. The Balaban J connectivity index is 2.38. The molecular formula is C11H19NO4. The molecule has 0 bridgehead atoms. The van der Waals surface area contributed by atoms with Crippen molar-refractivity contribution in [3.8, 4) is 0 Å². The van der Waals surface area contributed by atoms with Crippen molar-refractivity contribution in [1.29, 1.82) is 0 Å². The van der Waals surface area contributed by atoms with Gasteiger partial charge in [-0.1, -0.05) is 0 Å². The summed E-state index contributed by atoms with van der Waals surface area (Å²) in [5.74, 6) is -1.10. The van der Waals surface area contributed by atoms with Gasteiger partial charge in [-0.3, -0.25) is 9.59 Å². The number of nitrogens with zero attached hydrogens (tertiary/aromatic N) is 1. The minimum absolute atomic E-state index is 0.0240. The van der Waals surface area contributed by atoms with Gasteiger partial charge in [-0.2, -0.15) is 0 Å². The topological polar surface area (TPSA) is 66.8 Å². The van der Waals surface area contributed by atoms with Crippen LogP contribution in [0.3, 0.4) is 0 Å². The van der Waals surface area contributed by atoms with Gasteiger partial charge in [-0.15, -0.1) is 0 Å². The average molecular weight is 229 g/mol. The van der Waals surface area contributed by atoms with Crippen LogP contribution in [-0.2, 0) is 14.3 Å². The molecule has 1 heterocycles. The van der Waals surface area contributed by atoms with Gasteiger partial charge in [0.1, 0.15) is 6.54 Å². The van der Waals surface area contributed by atoms with Gasteiger partial charge in [0.05, 0.1) is 12.5 Å². The number of ether oxygens (including phenoxy) is 1. The molecule has 16 heavy (non-hydrogen) atoms. The number of hydrogen-bond donors (Lipinski definition) is 1. The van der Waals surface area contributed by atoms with Gasteiger partial charge in [0.15, 0.2) is 0 Å². The van der Waals surface area contributed by atoms with Crippen molar-refractivity contribution in [2.45, 2.75) is 38.7 Å². The van der Waals surface area contributed by atoms with Gasteiger partial charge >= 0.3 is 5.97 Å². The van der Waals surface area contributed by atoms with Gasteiger partial charge in [-0.25, -0.2) is 0 Å². The average Bonchev–Trinajstić information content (AvgIpc) is 2.26. The third kappa shape index (κ3) is 4.18. The summed E-state index contributed by atoms with van der Waals surface area (Å²) in [4.78, 5) is 23.6. The summed E-state index contributed by atoms with van der Waals surface area (Å²) in [5.41, 5.74) is 0. The first-order valence-corrected chi connectivity index (χ1v) is 5.74. The van der Waals surface area contributed by atoms with Gasteiger partial charge < -0.3 is 14.7 Å². The van der Waals surface area contributed by atoms with Crippen LogP contribution < -0.4 is 0 Å². The Bertz CT molecular complexity index is 248. The second-order valence-electron chi connectivity index (χ2n) is 3.99. The van der Waals surface area contributed by atoms with E-state index in [4.69, 9.17) is 9.84 Å². The molecule has 1 N–H and O–H groups in total. The lowest BCUT2D eigenvalue weighted by Crippen LogP contribution is -2.38. The lowest BCUT2D eigenvalue weighted by molar-refractivity contribution is -0.145. The minimum Gasteiger partial charge on any atom is -0.480 e. The molecule has 92 valence electrons. The van der Waals surface area contributed by atoms with E-state index in [9.17, 15) is 9.59 Å². The number of carboxylic acids is 1. The zero-order valence-corrected chi connectivity index (χ0v) is 9.65. The Labute approximate surface area is 95.4 Å². The molecule has 0 spiro atoms. The van der Waals surface area contributed by atoms with Crippen LogP contribution in [0.4, 0.5) is 0 Å². The molecule has 1 fully saturated rings. The monoisotopic (exact) mass is 229 g/mol. The molecule has 1 atom stereocenters. The van der Waals surface area contributed by atoms with Crippen LogP contribution in [0.5, 0.6) is 0 Å². The molecule has 0 radical (unpaired) electrons. The van der Waals surface area contributed by atoms with E-state index in [0.29, 0.717) is 19.6 Å². The Hall–Kier alpha value is -1.10. The van der Waals surface area contributed by atoms with Crippen LogP contribution in [-0.4, -0.2) is 47.7 Å². The maximum atomic E-state index is 11.8. The van der Waals surface area contributed by atoms with E-state index in [2.05, 4.69) is 0 Å². The molecule has 0 aromatic carbocycles. The summed E-state index contributed by atoms with van der Waals surface area (Å²) in [7, 11) is 0. The van der Waals surface area contributed by atoms with Gasteiger partial charge in [0.2, 0.25) is 5.91 Å². The van der Waals surface area contributed by atoms with E-state index in [1.54, 1.807) is 6.92 Å². The number of rotatable bonds is 5. The number of carbonyl (C=O) groups is 2. The van der Waals surface area contributed by atoms with Crippen LogP contribution in [0.25, 0.3) is 0 Å². The smallest absolute Gasteiger partial charge is 0.323 e. The summed E-state index contributed by atoms with van der Waals surface area (Å²) < 4.78 is 5.45. The number of amides is 1. The molecule has 1 rings (SSSR count). The number of likely N-dealkylation sites (N-methyl/N-ethyl adjacent to an activating group) is 1. The molecule has 0 saturated carbocycles. The molecule has 5 nitrogen and oxygen atoms in total. The lowest BCUT2D eigenvalue weighted by Gasteiger charge is -2.25. The molecule has 5 heteroatoms. The van der Waals surface area contributed by atoms with Crippen LogP contribution >= 0.6 is 0 Å². The maximum Gasteiger partial charge on any atom is 0.323 e. The predicted molar refractivity (Wildman–Crippen MR) is 58.1 cm³/mol. The number of aliphatic carboxylic acids is 1. The first kappa shape index (κ1) is 13.0. The fourth-order valence-electron chi connectivity index (χ4n) is 1.83. The van der Waals surface area contributed by atoms with Crippen molar-refractivity contribution in [3.05, 3.63) is 0 Å². The van der Waals surface area contributed by atoms with E-state index in [0.717, 1.165) is 19.3 Å². The SMILES string of the molecule is CCN(CC(=O)O)C(=O)CC1CCCCO1. The number of carboxylic acid groups (broad SMARTS) is 1. The quantitative estimate of drug-likeness (QED) is 0.760. The number of hydrogen-bond acceptors (Lipinski definition) is 3. The standard InChI is InChI=1S/C11H19NO4/c1-2-12(8-11(14)15)10(13)7-9-5-3-4-6-16-9/h9H,2-8H2,1H3,(H,14,15). The third-order valence-corrected chi connectivity index (χ3v) is 2.74. The molecule has 1 saturated heterocycles. The minimum atomic E-state index is -0.972. The first-order valence-electron chi connectivity index (χ1n) is 5.74. The Kier molecular flexibility index (Phi) is 5.25. The zero-order valence-electron chi connectivity index (χ0n) is 9.65. The summed E-state index contributed by atoms with van der Waals surface area (Å²) in [6, 6.07) is 0. The van der Waals surface area contributed by atoms with E-state index in [1.165, 1.54) is 4.90 Å². The lowest BCUT2D eigenvalue weighted by atomic mass is 10.1. The van der Waals surface area contributed by atoms with Crippen LogP contribution in [0.1, 0.15) is 32.6 Å². The highest BCUT2D eigenvalue weighted by molar-refractivity contribution is 5.81. The van der Waals surface area contributed by atoms with Crippen molar-refractivity contribution in [2.75, 3.05) is 19.7 Å².